The van der Waals surface area contributed by atoms with E-state index < -0.39 is 23.8 Å². The van der Waals surface area contributed by atoms with E-state index >= 15 is 0 Å². The van der Waals surface area contributed by atoms with Crippen molar-refractivity contribution in [3.05, 3.63) is 62.5 Å². The Hall–Kier alpha value is -2.86. The summed E-state index contributed by atoms with van der Waals surface area (Å²) in [5, 5.41) is 14.8. The summed E-state index contributed by atoms with van der Waals surface area (Å²) in [4.78, 5) is 35.1. The minimum atomic E-state index is -0.876. The van der Waals surface area contributed by atoms with Gasteiger partial charge in [-0.05, 0) is 18.6 Å². The van der Waals surface area contributed by atoms with Gasteiger partial charge >= 0.3 is 11.9 Å². The number of ether oxygens (including phenoxy) is 2. The van der Waals surface area contributed by atoms with Crippen LogP contribution in [0.2, 0.25) is 5.02 Å². The zero-order valence-electron chi connectivity index (χ0n) is 18.9. The number of halogens is 2. The fourth-order valence-corrected chi connectivity index (χ4v) is 4.93. The third kappa shape index (κ3) is 6.04. The molecule has 186 valence electrons. The van der Waals surface area contributed by atoms with Crippen LogP contribution in [-0.4, -0.2) is 72.2 Å². The standard InChI is InChI=1S/C23H24ClFN4O5S/c1-33-23(32)19-17(12-29-7-8-34-14(11-29)3-5-18(30)31)27-21(22-26-6-9-35-22)28-20(19)15-4-2-13(25)10-16(15)24/h2,4,6,9-10,14,20H,3,5,7-8,11-12H2,1H3,(H,27,28)(H,30,31)/t14?,20-/m0/s1. The molecule has 35 heavy (non-hydrogen) atoms. The largest absolute Gasteiger partial charge is 0.481 e. The van der Waals surface area contributed by atoms with E-state index in [2.05, 4.69) is 15.2 Å². The van der Waals surface area contributed by atoms with Gasteiger partial charge in [0.15, 0.2) is 10.8 Å². The maximum Gasteiger partial charge on any atom is 0.338 e. The van der Waals surface area contributed by atoms with Crippen LogP contribution in [0.5, 0.6) is 0 Å². The monoisotopic (exact) mass is 522 g/mol. The van der Waals surface area contributed by atoms with Crippen LogP contribution in [-0.2, 0) is 19.1 Å². The maximum atomic E-state index is 13.8. The van der Waals surface area contributed by atoms with Crippen LogP contribution in [0.25, 0.3) is 0 Å². The molecule has 2 aromatic rings. The van der Waals surface area contributed by atoms with E-state index in [9.17, 15) is 14.0 Å². The minimum absolute atomic E-state index is 0.0128. The molecule has 9 nitrogen and oxygen atoms in total. The van der Waals surface area contributed by atoms with Crippen LogP contribution >= 0.6 is 22.9 Å². The second-order valence-electron chi connectivity index (χ2n) is 8.05. The minimum Gasteiger partial charge on any atom is -0.481 e. The molecule has 0 bridgehead atoms. The number of aromatic nitrogens is 1. The zero-order chi connectivity index (χ0) is 24.9. The smallest absolute Gasteiger partial charge is 0.338 e. The van der Waals surface area contributed by atoms with Crippen LogP contribution in [0.1, 0.15) is 29.5 Å². The Morgan fingerprint density at radius 1 is 1.43 bits per heavy atom. The maximum absolute atomic E-state index is 13.8. The number of nitrogens with one attached hydrogen (secondary N) is 1. The lowest BCUT2D eigenvalue weighted by atomic mass is 9.95. The lowest BCUT2D eigenvalue weighted by Gasteiger charge is -2.35. The van der Waals surface area contributed by atoms with Crippen molar-refractivity contribution in [2.24, 2.45) is 4.99 Å². The predicted octanol–water partition coefficient (Wildman–Crippen LogP) is 3.02. The van der Waals surface area contributed by atoms with Gasteiger partial charge in [-0.15, -0.1) is 11.3 Å². The molecule has 1 unspecified atom stereocenters. The highest BCUT2D eigenvalue weighted by atomic mass is 35.5. The number of carboxylic acid groups (broad SMARTS) is 1. The number of aliphatic carboxylic acids is 1. The first kappa shape index (κ1) is 25.2. The van der Waals surface area contributed by atoms with E-state index in [0.29, 0.717) is 54.8 Å². The molecule has 2 aliphatic rings. The van der Waals surface area contributed by atoms with E-state index in [0.717, 1.165) is 0 Å². The van der Waals surface area contributed by atoms with Gasteiger partial charge < -0.3 is 19.9 Å². The van der Waals surface area contributed by atoms with Gasteiger partial charge in [-0.1, -0.05) is 17.7 Å². The molecule has 0 saturated carbocycles. The number of hydrogen-bond acceptors (Lipinski definition) is 9. The lowest BCUT2D eigenvalue weighted by Crippen LogP contribution is -2.46. The van der Waals surface area contributed by atoms with Crippen LogP contribution in [0.15, 0.2) is 46.0 Å². The quantitative estimate of drug-likeness (QED) is 0.509. The van der Waals surface area contributed by atoms with Gasteiger partial charge in [-0.25, -0.2) is 14.2 Å². The first-order chi connectivity index (χ1) is 16.9. The van der Waals surface area contributed by atoms with Crippen LogP contribution < -0.4 is 5.32 Å². The number of methoxy groups -OCH3 is 1. The van der Waals surface area contributed by atoms with Crippen molar-refractivity contribution in [3.63, 3.8) is 0 Å². The number of aliphatic imine (C=N–C) groups is 1. The summed E-state index contributed by atoms with van der Waals surface area (Å²) >= 11 is 7.76. The molecular formula is C23H24ClFN4O5S. The zero-order valence-corrected chi connectivity index (χ0v) is 20.4. The van der Waals surface area contributed by atoms with Crippen molar-refractivity contribution >= 4 is 40.7 Å². The molecular weight excluding hydrogens is 499 g/mol. The van der Waals surface area contributed by atoms with Gasteiger partial charge in [0.1, 0.15) is 11.9 Å². The Balaban J connectivity index is 1.70. The van der Waals surface area contributed by atoms with Gasteiger partial charge in [-0.3, -0.25) is 14.7 Å². The van der Waals surface area contributed by atoms with Crippen molar-refractivity contribution in [1.82, 2.24) is 15.2 Å². The third-order valence-corrected chi connectivity index (χ3v) is 6.82. The molecule has 1 fully saturated rings. The van der Waals surface area contributed by atoms with Crippen LogP contribution in [0, 0.1) is 5.82 Å². The highest BCUT2D eigenvalue weighted by molar-refractivity contribution is 7.11. The van der Waals surface area contributed by atoms with E-state index in [1.807, 2.05) is 5.38 Å². The third-order valence-electron chi connectivity index (χ3n) is 5.71. The number of thiazole rings is 1. The van der Waals surface area contributed by atoms with E-state index in [1.165, 1.54) is 36.6 Å². The lowest BCUT2D eigenvalue weighted by molar-refractivity contribution is -0.138. The number of nitrogens with zero attached hydrogens (tertiary/aromatic N) is 3. The first-order valence-electron chi connectivity index (χ1n) is 10.9. The van der Waals surface area contributed by atoms with Crippen molar-refractivity contribution in [2.75, 3.05) is 33.4 Å². The summed E-state index contributed by atoms with van der Waals surface area (Å²) in [5.74, 6) is -1.50. The SMILES string of the molecule is COC(=O)C1=C(CN2CCOC(CCC(=O)O)C2)NC(c2nccs2)=N[C@H]1c1ccc(F)cc1Cl. The highest BCUT2D eigenvalue weighted by Crippen LogP contribution is 2.37. The summed E-state index contributed by atoms with van der Waals surface area (Å²) in [6.45, 7) is 1.86. The fourth-order valence-electron chi connectivity index (χ4n) is 4.07. The normalized spacial score (nSPS) is 20.8. The molecule has 4 rings (SSSR count). The molecule has 1 aromatic carbocycles. The molecule has 2 atom stereocenters. The summed E-state index contributed by atoms with van der Waals surface area (Å²) < 4.78 is 24.6. The molecule has 3 heterocycles. The van der Waals surface area contributed by atoms with Crippen molar-refractivity contribution in [3.8, 4) is 0 Å². The number of amidine groups is 1. The van der Waals surface area contributed by atoms with Gasteiger partial charge in [0.25, 0.3) is 0 Å². The summed E-state index contributed by atoms with van der Waals surface area (Å²) in [6.07, 6.45) is 1.82. The Labute approximate surface area is 210 Å². The Morgan fingerprint density at radius 2 is 2.26 bits per heavy atom. The van der Waals surface area contributed by atoms with Gasteiger partial charge in [0, 0.05) is 53.9 Å². The number of carbonyl (C=O) groups is 2. The number of benzene rings is 1. The second-order valence-corrected chi connectivity index (χ2v) is 9.35. The molecule has 1 aromatic heterocycles. The average molecular weight is 523 g/mol. The molecule has 0 aliphatic carbocycles. The fraction of sp³-hybridized carbons (Fsp3) is 0.391. The molecule has 1 saturated heterocycles. The molecule has 0 radical (unpaired) electrons. The Bertz CT molecular complexity index is 1160. The van der Waals surface area contributed by atoms with Crippen molar-refractivity contribution in [1.29, 1.82) is 0 Å². The number of carbonyl (C=O) groups excluding carboxylic acids is 1. The topological polar surface area (TPSA) is 113 Å². The van der Waals surface area contributed by atoms with Crippen molar-refractivity contribution in [2.45, 2.75) is 25.0 Å². The number of carboxylic acids is 1. The number of rotatable bonds is 8. The summed E-state index contributed by atoms with van der Waals surface area (Å²) in [6, 6.07) is 3.12. The summed E-state index contributed by atoms with van der Waals surface area (Å²) in [5.41, 5.74) is 1.28. The molecule has 2 N–H and O–H groups in total. The average Bonchev–Trinajstić information content (AvgIpc) is 3.37. The van der Waals surface area contributed by atoms with Crippen LogP contribution in [0.4, 0.5) is 4.39 Å². The molecule has 0 spiro atoms. The van der Waals surface area contributed by atoms with E-state index in [4.69, 9.17) is 31.2 Å². The van der Waals surface area contributed by atoms with Gasteiger partial charge in [0.05, 0.1) is 25.4 Å². The Morgan fingerprint density at radius 3 is 2.94 bits per heavy atom. The Kier molecular flexibility index (Phi) is 8.11. The van der Waals surface area contributed by atoms with Crippen molar-refractivity contribution < 1.29 is 28.6 Å². The van der Waals surface area contributed by atoms with Gasteiger partial charge in [0.2, 0.25) is 0 Å². The second kappa shape index (κ2) is 11.3. The number of morpholine rings is 1. The van der Waals surface area contributed by atoms with E-state index in [-0.39, 0.29) is 23.1 Å². The predicted molar refractivity (Wildman–Crippen MR) is 128 cm³/mol. The molecule has 0 amide bonds. The molecule has 12 heteroatoms. The van der Waals surface area contributed by atoms with E-state index in [1.54, 1.807) is 6.20 Å². The van der Waals surface area contributed by atoms with Gasteiger partial charge in [-0.2, -0.15) is 0 Å². The number of esters is 1. The summed E-state index contributed by atoms with van der Waals surface area (Å²) in [7, 11) is 1.28. The molecule has 2 aliphatic heterocycles. The first-order valence-corrected chi connectivity index (χ1v) is 12.2. The van der Waals surface area contributed by atoms with Crippen LogP contribution in [0.3, 0.4) is 0 Å². The highest BCUT2D eigenvalue weighted by Gasteiger charge is 2.35. The number of hydrogen-bond donors (Lipinski definition) is 2.